The number of aliphatic carboxylic acids is 1. The molecule has 0 heterocycles. The van der Waals surface area contributed by atoms with E-state index < -0.39 is 5.97 Å². The second-order valence-corrected chi connectivity index (χ2v) is 4.22. The van der Waals surface area contributed by atoms with E-state index in [0.717, 1.165) is 11.3 Å². The minimum absolute atomic E-state index is 0.00201. The Bertz CT molecular complexity index is 409. The fraction of sp³-hybridized carbons (Fsp3) is 0.385. The Morgan fingerprint density at radius 3 is 2.12 bits per heavy atom. The predicted octanol–water partition coefficient (Wildman–Crippen LogP) is 2.08. The molecule has 1 N–H and O–H groups in total. The number of hydrogen-bond donors (Lipinski definition) is 1. The van der Waals surface area contributed by atoms with Gasteiger partial charge >= 0.3 is 5.97 Å². The van der Waals surface area contributed by atoms with Crippen LogP contribution in [0.2, 0.25) is 0 Å². The Morgan fingerprint density at radius 2 is 1.76 bits per heavy atom. The minimum atomic E-state index is -0.856. The summed E-state index contributed by atoms with van der Waals surface area (Å²) in [5.74, 6) is -0.879. The number of nitrogens with zero attached hydrogens (tertiary/aromatic N) is 1. The Morgan fingerprint density at radius 1 is 1.24 bits per heavy atom. The molecule has 0 radical (unpaired) electrons. The highest BCUT2D eigenvalue weighted by atomic mass is 16.4. The summed E-state index contributed by atoms with van der Waals surface area (Å²) in [6, 6.07) is 7.11. The van der Waals surface area contributed by atoms with Crippen molar-refractivity contribution in [2.75, 3.05) is 4.90 Å². The normalized spacial score (nSPS) is 10.4. The van der Waals surface area contributed by atoms with Gasteiger partial charge in [-0.3, -0.25) is 9.59 Å². The molecule has 1 amide bonds. The Kier molecular flexibility index (Phi) is 4.26. The third kappa shape index (κ3) is 3.59. The molecule has 0 saturated carbocycles. The van der Waals surface area contributed by atoms with Crippen LogP contribution in [0.25, 0.3) is 0 Å². The topological polar surface area (TPSA) is 57.6 Å². The maximum Gasteiger partial charge on any atom is 0.307 e. The van der Waals surface area contributed by atoms with Crippen molar-refractivity contribution in [2.24, 2.45) is 0 Å². The van der Waals surface area contributed by atoms with Crippen LogP contribution < -0.4 is 4.90 Å². The van der Waals surface area contributed by atoms with Crippen molar-refractivity contribution in [2.45, 2.75) is 33.2 Å². The summed E-state index contributed by atoms with van der Waals surface area (Å²) in [5, 5.41) is 8.66. The number of carbonyl (C=O) groups is 2. The summed E-state index contributed by atoms with van der Waals surface area (Å²) < 4.78 is 0. The molecule has 1 aromatic rings. The van der Waals surface area contributed by atoms with Gasteiger partial charge in [-0.05, 0) is 31.5 Å². The maximum atomic E-state index is 11.5. The first-order valence-electron chi connectivity index (χ1n) is 5.52. The molecular formula is C13H17NO3. The summed E-state index contributed by atoms with van der Waals surface area (Å²) >= 11 is 0. The lowest BCUT2D eigenvalue weighted by molar-refractivity contribution is -0.136. The molecule has 0 fully saturated rings. The molecule has 0 aliphatic rings. The molecule has 4 nitrogen and oxygen atoms in total. The van der Waals surface area contributed by atoms with Crippen molar-refractivity contribution >= 4 is 17.6 Å². The average molecular weight is 235 g/mol. The first-order chi connectivity index (χ1) is 7.91. The van der Waals surface area contributed by atoms with E-state index in [0.29, 0.717) is 0 Å². The van der Waals surface area contributed by atoms with Crippen molar-refractivity contribution in [1.82, 2.24) is 0 Å². The van der Waals surface area contributed by atoms with Gasteiger partial charge in [0, 0.05) is 18.7 Å². The zero-order valence-corrected chi connectivity index (χ0v) is 10.3. The number of rotatable bonds is 4. The molecule has 4 heteroatoms. The number of amides is 1. The van der Waals surface area contributed by atoms with Crippen molar-refractivity contribution in [3.05, 3.63) is 29.8 Å². The van der Waals surface area contributed by atoms with Crippen LogP contribution in [0.3, 0.4) is 0 Å². The summed E-state index contributed by atoms with van der Waals surface area (Å²) in [5.41, 5.74) is 1.52. The van der Waals surface area contributed by atoms with Crippen LogP contribution >= 0.6 is 0 Å². The fourth-order valence-corrected chi connectivity index (χ4v) is 1.79. The first-order valence-corrected chi connectivity index (χ1v) is 5.52. The SMILES string of the molecule is CC(=O)N(c1ccc(CC(=O)O)cc1)C(C)C. The van der Waals surface area contributed by atoms with Crippen LogP contribution in [-0.4, -0.2) is 23.0 Å². The molecule has 0 bridgehead atoms. The molecule has 0 saturated heterocycles. The van der Waals surface area contributed by atoms with Gasteiger partial charge in [-0.1, -0.05) is 12.1 Å². The predicted molar refractivity (Wildman–Crippen MR) is 66.1 cm³/mol. The lowest BCUT2D eigenvalue weighted by atomic mass is 10.1. The van der Waals surface area contributed by atoms with Gasteiger partial charge in [-0.15, -0.1) is 0 Å². The zero-order valence-electron chi connectivity index (χ0n) is 10.3. The quantitative estimate of drug-likeness (QED) is 0.869. The van der Waals surface area contributed by atoms with E-state index in [9.17, 15) is 9.59 Å². The number of benzene rings is 1. The van der Waals surface area contributed by atoms with E-state index in [1.54, 1.807) is 29.2 Å². The monoisotopic (exact) mass is 235 g/mol. The Balaban J connectivity index is 2.92. The molecule has 0 aliphatic heterocycles. The molecule has 0 atom stereocenters. The minimum Gasteiger partial charge on any atom is -0.481 e. The standard InChI is InChI=1S/C13H17NO3/c1-9(2)14(10(3)15)12-6-4-11(5-7-12)8-13(16)17/h4-7,9H,8H2,1-3H3,(H,16,17). The van der Waals surface area contributed by atoms with Crippen LogP contribution in [0.15, 0.2) is 24.3 Å². The lowest BCUT2D eigenvalue weighted by Gasteiger charge is -2.25. The van der Waals surface area contributed by atoms with Crippen molar-refractivity contribution < 1.29 is 14.7 Å². The summed E-state index contributed by atoms with van der Waals surface area (Å²) in [7, 11) is 0. The van der Waals surface area contributed by atoms with Gasteiger partial charge in [0.25, 0.3) is 0 Å². The number of anilines is 1. The van der Waals surface area contributed by atoms with E-state index in [-0.39, 0.29) is 18.4 Å². The van der Waals surface area contributed by atoms with E-state index in [1.807, 2.05) is 13.8 Å². The smallest absolute Gasteiger partial charge is 0.307 e. The third-order valence-electron chi connectivity index (χ3n) is 2.43. The van der Waals surface area contributed by atoms with E-state index in [1.165, 1.54) is 6.92 Å². The van der Waals surface area contributed by atoms with Gasteiger partial charge < -0.3 is 10.0 Å². The molecule has 1 aromatic carbocycles. The molecule has 0 unspecified atom stereocenters. The number of carboxylic acids is 1. The largest absolute Gasteiger partial charge is 0.481 e. The zero-order chi connectivity index (χ0) is 13.0. The van der Waals surface area contributed by atoms with Crippen LogP contribution in [0.1, 0.15) is 26.3 Å². The Hall–Kier alpha value is -1.84. The summed E-state index contributed by atoms with van der Waals surface area (Å²) in [4.78, 5) is 23.7. The van der Waals surface area contributed by atoms with Crippen LogP contribution in [0, 0.1) is 0 Å². The summed E-state index contributed by atoms with van der Waals surface area (Å²) in [6.07, 6.45) is 0.00201. The molecule has 0 spiro atoms. The molecular weight excluding hydrogens is 218 g/mol. The third-order valence-corrected chi connectivity index (χ3v) is 2.43. The highest BCUT2D eigenvalue weighted by Crippen LogP contribution is 2.18. The van der Waals surface area contributed by atoms with Crippen molar-refractivity contribution in [1.29, 1.82) is 0 Å². The maximum absolute atomic E-state index is 11.5. The van der Waals surface area contributed by atoms with Crippen LogP contribution in [0.4, 0.5) is 5.69 Å². The van der Waals surface area contributed by atoms with E-state index in [4.69, 9.17) is 5.11 Å². The average Bonchev–Trinajstić information content (AvgIpc) is 2.18. The van der Waals surface area contributed by atoms with Crippen LogP contribution in [0.5, 0.6) is 0 Å². The van der Waals surface area contributed by atoms with Gasteiger partial charge in [0.2, 0.25) is 5.91 Å². The fourth-order valence-electron chi connectivity index (χ4n) is 1.79. The van der Waals surface area contributed by atoms with Gasteiger partial charge in [0.1, 0.15) is 0 Å². The van der Waals surface area contributed by atoms with Crippen molar-refractivity contribution in [3.8, 4) is 0 Å². The molecule has 92 valence electrons. The van der Waals surface area contributed by atoms with Gasteiger partial charge in [-0.25, -0.2) is 0 Å². The molecule has 17 heavy (non-hydrogen) atoms. The van der Waals surface area contributed by atoms with Gasteiger partial charge in [0.15, 0.2) is 0 Å². The van der Waals surface area contributed by atoms with Crippen molar-refractivity contribution in [3.63, 3.8) is 0 Å². The number of hydrogen-bond acceptors (Lipinski definition) is 2. The first kappa shape index (κ1) is 13.2. The number of carbonyl (C=O) groups excluding carboxylic acids is 1. The van der Waals surface area contributed by atoms with Gasteiger partial charge in [0.05, 0.1) is 6.42 Å². The van der Waals surface area contributed by atoms with E-state index >= 15 is 0 Å². The second-order valence-electron chi connectivity index (χ2n) is 4.22. The van der Waals surface area contributed by atoms with Gasteiger partial charge in [-0.2, -0.15) is 0 Å². The van der Waals surface area contributed by atoms with E-state index in [2.05, 4.69) is 0 Å². The second kappa shape index (κ2) is 5.48. The lowest BCUT2D eigenvalue weighted by Crippen LogP contribution is -2.35. The highest BCUT2D eigenvalue weighted by Gasteiger charge is 2.14. The van der Waals surface area contributed by atoms with Crippen LogP contribution in [-0.2, 0) is 16.0 Å². The molecule has 0 aliphatic carbocycles. The molecule has 0 aromatic heterocycles. The Labute approximate surface area is 101 Å². The molecule has 1 rings (SSSR count). The summed E-state index contributed by atoms with van der Waals surface area (Å²) in [6.45, 7) is 5.39. The number of carboxylic acid groups (broad SMARTS) is 1. The highest BCUT2D eigenvalue weighted by molar-refractivity contribution is 5.92.